The fraction of sp³-hybridized carbons (Fsp3) is 0.375. The van der Waals surface area contributed by atoms with Crippen LogP contribution in [-0.2, 0) is 11.2 Å². The Bertz CT molecular complexity index is 336. The van der Waals surface area contributed by atoms with Gasteiger partial charge in [0, 0.05) is 25.4 Å². The first kappa shape index (κ1) is 11.0. The molecule has 1 atom stereocenters. The van der Waals surface area contributed by atoms with Crippen LogP contribution in [0.1, 0.15) is 5.69 Å². The van der Waals surface area contributed by atoms with Crippen LogP contribution < -0.4 is 10.6 Å². The maximum absolute atomic E-state index is 10.9. The number of aromatic amines is 1. The largest absolute Gasteiger partial charge is 0.480 e. The minimum absolute atomic E-state index is 0.169. The minimum atomic E-state index is -1.09. The van der Waals surface area contributed by atoms with Crippen LogP contribution in [0.2, 0.25) is 0 Å². The number of carbonyl (C=O) groups is 2. The van der Waals surface area contributed by atoms with E-state index in [1.165, 1.54) is 19.6 Å². The maximum Gasteiger partial charge on any atom is 0.326 e. The van der Waals surface area contributed by atoms with Crippen LogP contribution in [0, 0.1) is 0 Å². The van der Waals surface area contributed by atoms with Gasteiger partial charge < -0.3 is 20.7 Å². The zero-order chi connectivity index (χ0) is 11.3. The van der Waals surface area contributed by atoms with Gasteiger partial charge in [-0.25, -0.2) is 14.6 Å². The SMILES string of the molecule is CNC(=O)N[C@@H](Cc1cnc[nH]1)C(=O)O. The molecule has 0 bridgehead atoms. The lowest BCUT2D eigenvalue weighted by molar-refractivity contribution is -0.139. The lowest BCUT2D eigenvalue weighted by Gasteiger charge is -2.12. The molecule has 1 heterocycles. The second-order valence-corrected chi connectivity index (χ2v) is 2.90. The van der Waals surface area contributed by atoms with E-state index in [4.69, 9.17) is 5.11 Å². The van der Waals surface area contributed by atoms with E-state index < -0.39 is 18.0 Å². The van der Waals surface area contributed by atoms with Gasteiger partial charge in [-0.05, 0) is 0 Å². The van der Waals surface area contributed by atoms with Crippen LogP contribution in [-0.4, -0.2) is 40.2 Å². The smallest absolute Gasteiger partial charge is 0.326 e. The molecule has 0 saturated carbocycles. The molecule has 4 N–H and O–H groups in total. The van der Waals surface area contributed by atoms with Gasteiger partial charge in [0.2, 0.25) is 0 Å². The highest BCUT2D eigenvalue weighted by molar-refractivity contribution is 5.82. The van der Waals surface area contributed by atoms with Crippen LogP contribution in [0.15, 0.2) is 12.5 Å². The number of carboxylic acids is 1. The quantitative estimate of drug-likeness (QED) is 0.531. The van der Waals surface area contributed by atoms with Crippen molar-refractivity contribution in [1.29, 1.82) is 0 Å². The molecule has 15 heavy (non-hydrogen) atoms. The number of carboxylic acid groups (broad SMARTS) is 1. The molecule has 7 heteroatoms. The molecule has 0 radical (unpaired) electrons. The number of nitrogens with zero attached hydrogens (tertiary/aromatic N) is 1. The first-order valence-corrected chi connectivity index (χ1v) is 4.31. The molecular weight excluding hydrogens is 200 g/mol. The van der Waals surface area contributed by atoms with E-state index in [-0.39, 0.29) is 6.42 Å². The fourth-order valence-electron chi connectivity index (χ4n) is 1.05. The summed E-state index contributed by atoms with van der Waals surface area (Å²) in [6.45, 7) is 0. The van der Waals surface area contributed by atoms with Crippen molar-refractivity contribution in [2.45, 2.75) is 12.5 Å². The number of amides is 2. The molecule has 0 aliphatic heterocycles. The predicted octanol–water partition coefficient (Wildman–Crippen LogP) is -0.666. The topological polar surface area (TPSA) is 107 Å². The standard InChI is InChI=1S/C8H12N4O3/c1-9-8(15)12-6(7(13)14)2-5-3-10-4-11-5/h3-4,6H,2H2,1H3,(H,10,11)(H,13,14)(H2,9,12,15)/t6-/m0/s1. The summed E-state index contributed by atoms with van der Waals surface area (Å²) < 4.78 is 0. The Morgan fingerprint density at radius 1 is 1.67 bits per heavy atom. The number of hydrogen-bond donors (Lipinski definition) is 4. The molecule has 2 amide bonds. The molecule has 0 fully saturated rings. The van der Waals surface area contributed by atoms with Crippen molar-refractivity contribution in [1.82, 2.24) is 20.6 Å². The van der Waals surface area contributed by atoms with Gasteiger partial charge in [0.25, 0.3) is 0 Å². The Kier molecular flexibility index (Phi) is 3.67. The summed E-state index contributed by atoms with van der Waals surface area (Å²) in [5.41, 5.74) is 0.652. The number of H-pyrrole nitrogens is 1. The molecular formula is C8H12N4O3. The van der Waals surface area contributed by atoms with E-state index in [2.05, 4.69) is 20.6 Å². The molecule has 0 aliphatic rings. The summed E-state index contributed by atoms with van der Waals surface area (Å²) in [4.78, 5) is 28.3. The van der Waals surface area contributed by atoms with Crippen LogP contribution in [0.3, 0.4) is 0 Å². The first-order valence-electron chi connectivity index (χ1n) is 4.31. The summed E-state index contributed by atoms with van der Waals surface area (Å²) in [6.07, 6.45) is 3.14. The van der Waals surface area contributed by atoms with Gasteiger partial charge in [0.05, 0.1) is 6.33 Å². The fourth-order valence-corrected chi connectivity index (χ4v) is 1.05. The number of nitrogens with one attached hydrogen (secondary N) is 3. The molecule has 82 valence electrons. The molecule has 1 aromatic heterocycles. The van der Waals surface area contributed by atoms with Crippen molar-refractivity contribution < 1.29 is 14.7 Å². The highest BCUT2D eigenvalue weighted by atomic mass is 16.4. The number of hydrogen-bond acceptors (Lipinski definition) is 3. The van der Waals surface area contributed by atoms with Crippen LogP contribution in [0.4, 0.5) is 4.79 Å². The summed E-state index contributed by atoms with van der Waals surface area (Å²) in [6, 6.07) is -1.49. The molecule has 0 saturated heterocycles. The number of imidazole rings is 1. The van der Waals surface area contributed by atoms with E-state index in [0.717, 1.165) is 0 Å². The van der Waals surface area contributed by atoms with Crippen molar-refractivity contribution in [3.8, 4) is 0 Å². The average molecular weight is 212 g/mol. The van der Waals surface area contributed by atoms with Gasteiger partial charge in [0.15, 0.2) is 0 Å². The van der Waals surface area contributed by atoms with E-state index in [9.17, 15) is 9.59 Å². The third kappa shape index (κ3) is 3.29. The molecule has 0 spiro atoms. The molecule has 1 aromatic rings. The number of carbonyl (C=O) groups excluding carboxylic acids is 1. The summed E-state index contributed by atoms with van der Waals surface area (Å²) in [5.74, 6) is -1.09. The number of aromatic nitrogens is 2. The first-order chi connectivity index (χ1) is 7.13. The van der Waals surface area contributed by atoms with E-state index >= 15 is 0 Å². The Balaban J connectivity index is 2.59. The van der Waals surface area contributed by atoms with Gasteiger partial charge in [-0.2, -0.15) is 0 Å². The van der Waals surface area contributed by atoms with Crippen LogP contribution in [0.25, 0.3) is 0 Å². The molecule has 7 nitrogen and oxygen atoms in total. The molecule has 0 aromatic carbocycles. The van der Waals surface area contributed by atoms with Crippen LogP contribution in [0.5, 0.6) is 0 Å². The van der Waals surface area contributed by atoms with E-state index in [1.54, 1.807) is 0 Å². The monoisotopic (exact) mass is 212 g/mol. The Labute approximate surface area is 85.9 Å². The van der Waals surface area contributed by atoms with Gasteiger partial charge in [0.1, 0.15) is 6.04 Å². The van der Waals surface area contributed by atoms with Crippen molar-refractivity contribution in [3.05, 3.63) is 18.2 Å². The third-order valence-electron chi connectivity index (χ3n) is 1.81. The summed E-state index contributed by atoms with van der Waals surface area (Å²) in [5, 5.41) is 13.4. The van der Waals surface area contributed by atoms with E-state index in [0.29, 0.717) is 5.69 Å². The average Bonchev–Trinajstić information content (AvgIpc) is 2.69. The molecule has 1 rings (SSSR count). The lowest BCUT2D eigenvalue weighted by Crippen LogP contribution is -2.46. The Morgan fingerprint density at radius 2 is 2.40 bits per heavy atom. The zero-order valence-electron chi connectivity index (χ0n) is 8.15. The zero-order valence-corrected chi connectivity index (χ0v) is 8.15. The predicted molar refractivity (Wildman–Crippen MR) is 51.3 cm³/mol. The minimum Gasteiger partial charge on any atom is -0.480 e. The van der Waals surface area contributed by atoms with Crippen molar-refractivity contribution in [3.63, 3.8) is 0 Å². The maximum atomic E-state index is 10.9. The van der Waals surface area contributed by atoms with Crippen molar-refractivity contribution in [2.24, 2.45) is 0 Å². The molecule has 0 unspecified atom stereocenters. The third-order valence-corrected chi connectivity index (χ3v) is 1.81. The second-order valence-electron chi connectivity index (χ2n) is 2.90. The molecule has 0 aliphatic carbocycles. The normalized spacial score (nSPS) is 11.8. The van der Waals surface area contributed by atoms with Gasteiger partial charge in [-0.3, -0.25) is 0 Å². The number of urea groups is 1. The Hall–Kier alpha value is -2.05. The summed E-state index contributed by atoms with van der Waals surface area (Å²) in [7, 11) is 1.42. The lowest BCUT2D eigenvalue weighted by atomic mass is 10.2. The summed E-state index contributed by atoms with van der Waals surface area (Å²) >= 11 is 0. The van der Waals surface area contributed by atoms with Gasteiger partial charge in [-0.1, -0.05) is 0 Å². The highest BCUT2D eigenvalue weighted by Gasteiger charge is 2.20. The second kappa shape index (κ2) is 4.99. The number of aliphatic carboxylic acids is 1. The Morgan fingerprint density at radius 3 is 2.87 bits per heavy atom. The van der Waals surface area contributed by atoms with Crippen molar-refractivity contribution in [2.75, 3.05) is 7.05 Å². The van der Waals surface area contributed by atoms with E-state index in [1.807, 2.05) is 0 Å². The number of rotatable bonds is 4. The van der Waals surface area contributed by atoms with Gasteiger partial charge >= 0.3 is 12.0 Å². The van der Waals surface area contributed by atoms with Crippen LogP contribution >= 0.6 is 0 Å². The highest BCUT2D eigenvalue weighted by Crippen LogP contribution is 1.98. The van der Waals surface area contributed by atoms with Crippen molar-refractivity contribution >= 4 is 12.0 Å². The van der Waals surface area contributed by atoms with Gasteiger partial charge in [-0.15, -0.1) is 0 Å².